The van der Waals surface area contributed by atoms with Crippen molar-refractivity contribution in [3.8, 4) is 28.3 Å². The van der Waals surface area contributed by atoms with Crippen LogP contribution in [-0.2, 0) is 4.79 Å². The fraction of sp³-hybridized carbons (Fsp3) is 0.200. The van der Waals surface area contributed by atoms with Gasteiger partial charge in [0.1, 0.15) is 11.6 Å². The van der Waals surface area contributed by atoms with E-state index in [1.807, 2.05) is 48.5 Å². The van der Waals surface area contributed by atoms with Crippen molar-refractivity contribution in [2.24, 2.45) is 0 Å². The summed E-state index contributed by atoms with van der Waals surface area (Å²) in [5.41, 5.74) is 3.72. The summed E-state index contributed by atoms with van der Waals surface area (Å²) in [5.74, 6) is 1.32. The Balaban J connectivity index is 1.71. The van der Waals surface area contributed by atoms with Crippen LogP contribution >= 0.6 is 0 Å². The van der Waals surface area contributed by atoms with Gasteiger partial charge in [0, 0.05) is 36.3 Å². The maximum atomic E-state index is 10.8. The molecule has 162 valence electrons. The molecule has 4 aromatic rings. The molecular formula is C25H24N4O3. The molecule has 0 atom stereocenters. The number of pyridine rings is 1. The number of unbranched alkanes of at least 4 members (excludes halogenated alkanes) is 1. The molecule has 2 aromatic carbocycles. The van der Waals surface area contributed by atoms with Crippen molar-refractivity contribution >= 4 is 22.7 Å². The zero-order valence-electron chi connectivity index (χ0n) is 17.8. The number of ether oxygens (including phenoxy) is 1. The molecule has 0 bridgehead atoms. The van der Waals surface area contributed by atoms with Crippen LogP contribution in [0.5, 0.6) is 5.75 Å². The maximum Gasteiger partial charge on any atom is 0.303 e. The first-order chi connectivity index (χ1) is 15.6. The average molecular weight is 428 g/mol. The zero-order chi connectivity index (χ0) is 22.3. The van der Waals surface area contributed by atoms with Crippen molar-refractivity contribution in [1.82, 2.24) is 15.0 Å². The van der Waals surface area contributed by atoms with Crippen LogP contribution in [0.15, 0.2) is 67.0 Å². The monoisotopic (exact) mass is 428 g/mol. The Morgan fingerprint density at radius 2 is 1.84 bits per heavy atom. The molecule has 0 radical (unpaired) electrons. The Morgan fingerprint density at radius 3 is 2.62 bits per heavy atom. The molecule has 0 aliphatic carbocycles. The number of carbonyl (C=O) groups is 1. The first-order valence-corrected chi connectivity index (χ1v) is 10.5. The molecule has 7 nitrogen and oxygen atoms in total. The number of hydrogen-bond acceptors (Lipinski definition) is 6. The van der Waals surface area contributed by atoms with Gasteiger partial charge in [-0.1, -0.05) is 18.2 Å². The van der Waals surface area contributed by atoms with Gasteiger partial charge < -0.3 is 15.2 Å². The number of carboxylic acid groups (broad SMARTS) is 1. The second kappa shape index (κ2) is 9.87. The lowest BCUT2D eigenvalue weighted by atomic mass is 10.0. The summed E-state index contributed by atoms with van der Waals surface area (Å²) in [6.45, 7) is 0.620. The highest BCUT2D eigenvalue weighted by molar-refractivity contribution is 5.94. The lowest BCUT2D eigenvalue weighted by Gasteiger charge is -2.12. The molecule has 7 heteroatoms. The standard InChI is InChI=1S/C25H24N4O3/c1-32-20-8-4-6-17(14-20)18-10-11-22-21(15-18)25(27-13-3-2-9-23(30)31)29-24(28-22)19-7-5-12-26-16-19/h4-8,10-12,14-16H,2-3,9,13H2,1H3,(H,30,31)(H,27,28,29). The van der Waals surface area contributed by atoms with E-state index in [2.05, 4.69) is 16.4 Å². The number of fused-ring (bicyclic) bond motifs is 1. The van der Waals surface area contributed by atoms with Crippen molar-refractivity contribution in [2.45, 2.75) is 19.3 Å². The molecule has 0 aliphatic heterocycles. The van der Waals surface area contributed by atoms with E-state index in [4.69, 9.17) is 19.8 Å². The number of hydrogen-bond donors (Lipinski definition) is 2. The predicted molar refractivity (Wildman–Crippen MR) is 125 cm³/mol. The zero-order valence-corrected chi connectivity index (χ0v) is 17.8. The minimum atomic E-state index is -0.778. The summed E-state index contributed by atoms with van der Waals surface area (Å²) in [6.07, 6.45) is 4.95. The lowest BCUT2D eigenvalue weighted by Crippen LogP contribution is -2.07. The van der Waals surface area contributed by atoms with Gasteiger partial charge in [0.05, 0.1) is 12.6 Å². The normalized spacial score (nSPS) is 10.8. The van der Waals surface area contributed by atoms with Crippen LogP contribution in [-0.4, -0.2) is 39.7 Å². The van der Waals surface area contributed by atoms with E-state index in [0.717, 1.165) is 39.8 Å². The molecule has 0 aliphatic rings. The second-order valence-electron chi connectivity index (χ2n) is 7.38. The fourth-order valence-corrected chi connectivity index (χ4v) is 3.48. The van der Waals surface area contributed by atoms with Crippen LogP contribution in [0.3, 0.4) is 0 Å². The summed E-state index contributed by atoms with van der Waals surface area (Å²) < 4.78 is 5.36. The predicted octanol–water partition coefficient (Wildman–Crippen LogP) is 5.03. The smallest absolute Gasteiger partial charge is 0.303 e. The topological polar surface area (TPSA) is 97.2 Å². The molecule has 0 saturated carbocycles. The quantitative estimate of drug-likeness (QED) is 0.361. The second-order valence-corrected chi connectivity index (χ2v) is 7.38. The Morgan fingerprint density at radius 1 is 1.00 bits per heavy atom. The van der Waals surface area contributed by atoms with Gasteiger partial charge in [-0.25, -0.2) is 9.97 Å². The first-order valence-electron chi connectivity index (χ1n) is 10.5. The molecule has 2 aromatic heterocycles. The van der Waals surface area contributed by atoms with Crippen LogP contribution < -0.4 is 10.1 Å². The van der Waals surface area contributed by atoms with E-state index in [0.29, 0.717) is 24.6 Å². The summed E-state index contributed by atoms with van der Waals surface area (Å²) in [5, 5.41) is 13.1. The molecule has 0 unspecified atom stereocenters. The van der Waals surface area contributed by atoms with Crippen molar-refractivity contribution in [3.63, 3.8) is 0 Å². The number of aromatic nitrogens is 3. The van der Waals surface area contributed by atoms with E-state index in [1.54, 1.807) is 19.5 Å². The third kappa shape index (κ3) is 5.00. The highest BCUT2D eigenvalue weighted by Crippen LogP contribution is 2.31. The highest BCUT2D eigenvalue weighted by atomic mass is 16.5. The summed E-state index contributed by atoms with van der Waals surface area (Å²) in [4.78, 5) is 24.5. The Bertz CT molecular complexity index is 1230. The van der Waals surface area contributed by atoms with E-state index in [9.17, 15) is 4.79 Å². The van der Waals surface area contributed by atoms with Crippen molar-refractivity contribution < 1.29 is 14.6 Å². The van der Waals surface area contributed by atoms with Crippen molar-refractivity contribution in [3.05, 3.63) is 67.0 Å². The molecular weight excluding hydrogens is 404 g/mol. The number of nitrogens with one attached hydrogen (secondary N) is 1. The minimum absolute atomic E-state index is 0.160. The number of aliphatic carboxylic acids is 1. The largest absolute Gasteiger partial charge is 0.497 e. The molecule has 0 fully saturated rings. The van der Waals surface area contributed by atoms with Gasteiger partial charge in [0.25, 0.3) is 0 Å². The summed E-state index contributed by atoms with van der Waals surface area (Å²) in [7, 11) is 1.65. The molecule has 2 heterocycles. The van der Waals surface area contributed by atoms with E-state index in [-0.39, 0.29) is 6.42 Å². The van der Waals surface area contributed by atoms with E-state index in [1.165, 1.54) is 0 Å². The van der Waals surface area contributed by atoms with Gasteiger partial charge in [0.2, 0.25) is 0 Å². The van der Waals surface area contributed by atoms with E-state index >= 15 is 0 Å². The van der Waals surface area contributed by atoms with Gasteiger partial charge in [-0.3, -0.25) is 9.78 Å². The molecule has 0 amide bonds. The minimum Gasteiger partial charge on any atom is -0.497 e. The molecule has 32 heavy (non-hydrogen) atoms. The number of methoxy groups -OCH3 is 1. The van der Waals surface area contributed by atoms with Gasteiger partial charge in [-0.15, -0.1) is 0 Å². The number of carboxylic acids is 1. The summed E-state index contributed by atoms with van der Waals surface area (Å²) >= 11 is 0. The SMILES string of the molecule is COc1cccc(-c2ccc3nc(-c4cccnc4)nc(NCCCCC(=O)O)c3c2)c1. The Hall–Kier alpha value is -4.00. The van der Waals surface area contributed by atoms with Gasteiger partial charge in [-0.2, -0.15) is 0 Å². The Labute approximate surface area is 186 Å². The first kappa shape index (κ1) is 21.2. The Kier molecular flexibility index (Phi) is 6.55. The van der Waals surface area contributed by atoms with E-state index < -0.39 is 5.97 Å². The highest BCUT2D eigenvalue weighted by Gasteiger charge is 2.11. The van der Waals surface area contributed by atoms with Crippen LogP contribution in [0, 0.1) is 0 Å². The van der Waals surface area contributed by atoms with Crippen LogP contribution in [0.25, 0.3) is 33.4 Å². The average Bonchev–Trinajstić information content (AvgIpc) is 2.83. The van der Waals surface area contributed by atoms with Gasteiger partial charge in [-0.05, 0) is 60.4 Å². The third-order valence-corrected chi connectivity index (χ3v) is 5.13. The van der Waals surface area contributed by atoms with Crippen molar-refractivity contribution in [1.29, 1.82) is 0 Å². The van der Waals surface area contributed by atoms with Crippen molar-refractivity contribution in [2.75, 3.05) is 19.0 Å². The molecule has 4 rings (SSSR count). The maximum absolute atomic E-state index is 10.8. The summed E-state index contributed by atoms with van der Waals surface area (Å²) in [6, 6.07) is 17.8. The number of rotatable bonds is 9. The van der Waals surface area contributed by atoms with Gasteiger partial charge >= 0.3 is 5.97 Å². The molecule has 0 saturated heterocycles. The number of benzene rings is 2. The lowest BCUT2D eigenvalue weighted by molar-refractivity contribution is -0.137. The van der Waals surface area contributed by atoms with Crippen LogP contribution in [0.4, 0.5) is 5.82 Å². The molecule has 2 N–H and O–H groups in total. The third-order valence-electron chi connectivity index (χ3n) is 5.13. The van der Waals surface area contributed by atoms with Crippen LogP contribution in [0.1, 0.15) is 19.3 Å². The van der Waals surface area contributed by atoms with Crippen LogP contribution in [0.2, 0.25) is 0 Å². The number of anilines is 1. The molecule has 0 spiro atoms. The van der Waals surface area contributed by atoms with Gasteiger partial charge in [0.15, 0.2) is 5.82 Å². The fourth-order valence-electron chi connectivity index (χ4n) is 3.48. The number of nitrogens with zero attached hydrogens (tertiary/aromatic N) is 3.